The summed E-state index contributed by atoms with van der Waals surface area (Å²) in [5.41, 5.74) is 1.74. The highest BCUT2D eigenvalue weighted by molar-refractivity contribution is 6.30. The van der Waals surface area contributed by atoms with Gasteiger partial charge in [-0.2, -0.15) is 0 Å². The Kier molecular flexibility index (Phi) is 6.71. The number of nitrogens with zero attached hydrogens (tertiary/aromatic N) is 2. The topological polar surface area (TPSA) is 52.7 Å². The second kappa shape index (κ2) is 9.42. The van der Waals surface area contributed by atoms with Crippen molar-refractivity contribution in [1.82, 2.24) is 10.2 Å². The average Bonchev–Trinajstić information content (AvgIpc) is 2.71. The molecule has 0 atom stereocenters. The van der Waals surface area contributed by atoms with Crippen LogP contribution in [0.4, 0.5) is 5.69 Å². The minimum atomic E-state index is -0.0989. The van der Waals surface area contributed by atoms with Crippen molar-refractivity contribution in [2.75, 3.05) is 37.6 Å². The van der Waals surface area contributed by atoms with E-state index < -0.39 is 0 Å². The number of benzene rings is 2. The first-order valence-corrected chi connectivity index (χ1v) is 9.63. The van der Waals surface area contributed by atoms with Crippen molar-refractivity contribution in [2.24, 2.45) is 0 Å². The highest BCUT2D eigenvalue weighted by Gasteiger charge is 2.21. The van der Waals surface area contributed by atoms with E-state index in [9.17, 15) is 9.59 Å². The van der Waals surface area contributed by atoms with Crippen LogP contribution in [0.3, 0.4) is 0 Å². The van der Waals surface area contributed by atoms with Crippen LogP contribution < -0.4 is 10.2 Å². The predicted octanol–water partition coefficient (Wildman–Crippen LogP) is 3.20. The van der Waals surface area contributed by atoms with E-state index in [0.29, 0.717) is 38.0 Å². The Labute approximate surface area is 164 Å². The average molecular weight is 386 g/mol. The molecule has 1 saturated heterocycles. The maximum absolute atomic E-state index is 12.4. The number of amides is 2. The van der Waals surface area contributed by atoms with E-state index in [-0.39, 0.29) is 11.8 Å². The molecule has 0 spiro atoms. The normalized spacial score (nSPS) is 14.1. The van der Waals surface area contributed by atoms with E-state index in [1.807, 2.05) is 47.4 Å². The number of hydrogen-bond donors (Lipinski definition) is 1. The quantitative estimate of drug-likeness (QED) is 0.777. The Hall–Kier alpha value is -2.53. The van der Waals surface area contributed by atoms with Crippen molar-refractivity contribution in [2.45, 2.75) is 12.8 Å². The molecular weight excluding hydrogens is 362 g/mol. The SMILES string of the molecule is O=C(NCCCC(=O)N1CCN(c2cccc(Cl)c2)CC1)c1ccccc1. The highest BCUT2D eigenvalue weighted by atomic mass is 35.5. The van der Waals surface area contributed by atoms with E-state index in [1.54, 1.807) is 12.1 Å². The smallest absolute Gasteiger partial charge is 0.251 e. The lowest BCUT2D eigenvalue weighted by Gasteiger charge is -2.36. The van der Waals surface area contributed by atoms with Crippen LogP contribution in [0.1, 0.15) is 23.2 Å². The summed E-state index contributed by atoms with van der Waals surface area (Å²) in [6.07, 6.45) is 1.10. The van der Waals surface area contributed by atoms with Gasteiger partial charge in [0.25, 0.3) is 5.91 Å². The summed E-state index contributed by atoms with van der Waals surface area (Å²) in [4.78, 5) is 28.5. The molecule has 0 saturated carbocycles. The molecule has 1 aliphatic rings. The Morgan fingerprint density at radius 1 is 0.963 bits per heavy atom. The monoisotopic (exact) mass is 385 g/mol. The molecule has 1 aliphatic heterocycles. The highest BCUT2D eigenvalue weighted by Crippen LogP contribution is 2.21. The molecule has 142 valence electrons. The maximum Gasteiger partial charge on any atom is 0.251 e. The minimum Gasteiger partial charge on any atom is -0.368 e. The molecule has 1 heterocycles. The zero-order valence-electron chi connectivity index (χ0n) is 15.2. The Morgan fingerprint density at radius 3 is 2.41 bits per heavy atom. The van der Waals surface area contributed by atoms with Crippen molar-refractivity contribution >= 4 is 29.1 Å². The maximum atomic E-state index is 12.4. The molecule has 27 heavy (non-hydrogen) atoms. The van der Waals surface area contributed by atoms with Crippen LogP contribution in [-0.2, 0) is 4.79 Å². The molecular formula is C21H24ClN3O2. The van der Waals surface area contributed by atoms with Crippen LogP contribution >= 0.6 is 11.6 Å². The fourth-order valence-electron chi connectivity index (χ4n) is 3.18. The van der Waals surface area contributed by atoms with Crippen molar-refractivity contribution in [1.29, 1.82) is 0 Å². The molecule has 1 fully saturated rings. The molecule has 2 amide bonds. The van der Waals surface area contributed by atoms with Gasteiger partial charge in [0, 0.05) is 55.4 Å². The summed E-state index contributed by atoms with van der Waals surface area (Å²) in [6, 6.07) is 16.9. The van der Waals surface area contributed by atoms with Crippen molar-refractivity contribution in [3.8, 4) is 0 Å². The third kappa shape index (κ3) is 5.47. The third-order valence-corrected chi connectivity index (χ3v) is 4.93. The van der Waals surface area contributed by atoms with Gasteiger partial charge in [-0.25, -0.2) is 0 Å². The van der Waals surface area contributed by atoms with Gasteiger partial charge in [-0.15, -0.1) is 0 Å². The number of halogens is 1. The van der Waals surface area contributed by atoms with Crippen LogP contribution in [-0.4, -0.2) is 49.4 Å². The van der Waals surface area contributed by atoms with Gasteiger partial charge in [-0.3, -0.25) is 9.59 Å². The van der Waals surface area contributed by atoms with Gasteiger partial charge < -0.3 is 15.1 Å². The molecule has 0 bridgehead atoms. The van der Waals surface area contributed by atoms with Crippen molar-refractivity contribution in [3.63, 3.8) is 0 Å². The lowest BCUT2D eigenvalue weighted by molar-refractivity contribution is -0.131. The molecule has 0 radical (unpaired) electrons. The largest absolute Gasteiger partial charge is 0.368 e. The Morgan fingerprint density at radius 2 is 1.70 bits per heavy atom. The molecule has 6 heteroatoms. The molecule has 0 aliphatic carbocycles. The van der Waals surface area contributed by atoms with Crippen LogP contribution in [0.2, 0.25) is 5.02 Å². The van der Waals surface area contributed by atoms with Crippen LogP contribution in [0.15, 0.2) is 54.6 Å². The van der Waals surface area contributed by atoms with Crippen molar-refractivity contribution < 1.29 is 9.59 Å². The second-order valence-corrected chi connectivity index (χ2v) is 7.01. The number of hydrogen-bond acceptors (Lipinski definition) is 3. The third-order valence-electron chi connectivity index (χ3n) is 4.69. The number of carbonyl (C=O) groups excluding carboxylic acids is 2. The number of nitrogens with one attached hydrogen (secondary N) is 1. The number of piperazine rings is 1. The van der Waals surface area contributed by atoms with E-state index in [1.165, 1.54) is 0 Å². The fourth-order valence-corrected chi connectivity index (χ4v) is 3.36. The molecule has 0 aromatic heterocycles. The summed E-state index contributed by atoms with van der Waals surface area (Å²) in [5, 5.41) is 3.59. The second-order valence-electron chi connectivity index (χ2n) is 6.57. The lowest BCUT2D eigenvalue weighted by Crippen LogP contribution is -2.48. The minimum absolute atomic E-state index is 0.0989. The number of anilines is 1. The summed E-state index contributed by atoms with van der Waals surface area (Å²) in [7, 11) is 0. The van der Waals surface area contributed by atoms with E-state index >= 15 is 0 Å². The van der Waals surface area contributed by atoms with Gasteiger partial charge in [-0.05, 0) is 36.8 Å². The van der Waals surface area contributed by atoms with Crippen LogP contribution in [0.5, 0.6) is 0 Å². The summed E-state index contributed by atoms with van der Waals surface area (Å²) in [6.45, 7) is 3.53. The zero-order valence-corrected chi connectivity index (χ0v) is 16.0. The molecule has 2 aromatic rings. The first kappa shape index (κ1) is 19.2. The fraction of sp³-hybridized carbons (Fsp3) is 0.333. The van der Waals surface area contributed by atoms with E-state index in [0.717, 1.165) is 23.8 Å². The molecule has 5 nitrogen and oxygen atoms in total. The first-order chi connectivity index (χ1) is 13.1. The van der Waals surface area contributed by atoms with Crippen LogP contribution in [0.25, 0.3) is 0 Å². The van der Waals surface area contributed by atoms with E-state index in [4.69, 9.17) is 11.6 Å². The van der Waals surface area contributed by atoms with Gasteiger partial charge in [-0.1, -0.05) is 35.9 Å². The van der Waals surface area contributed by atoms with Gasteiger partial charge in [0.2, 0.25) is 5.91 Å². The van der Waals surface area contributed by atoms with Gasteiger partial charge >= 0.3 is 0 Å². The first-order valence-electron chi connectivity index (χ1n) is 9.25. The van der Waals surface area contributed by atoms with Gasteiger partial charge in [0.05, 0.1) is 0 Å². The summed E-state index contributed by atoms with van der Waals surface area (Å²) in [5.74, 6) is 0.0490. The van der Waals surface area contributed by atoms with Gasteiger partial charge in [0.1, 0.15) is 0 Å². The molecule has 1 N–H and O–H groups in total. The molecule has 3 rings (SSSR count). The summed E-state index contributed by atoms with van der Waals surface area (Å²) >= 11 is 6.05. The van der Waals surface area contributed by atoms with Gasteiger partial charge in [0.15, 0.2) is 0 Å². The van der Waals surface area contributed by atoms with Crippen LogP contribution in [0, 0.1) is 0 Å². The molecule has 2 aromatic carbocycles. The predicted molar refractivity (Wildman–Crippen MR) is 108 cm³/mol. The Balaban J connectivity index is 1.37. The number of carbonyl (C=O) groups is 2. The lowest BCUT2D eigenvalue weighted by atomic mass is 10.2. The number of rotatable bonds is 6. The Bertz CT molecular complexity index is 774. The zero-order chi connectivity index (χ0) is 19.1. The molecule has 0 unspecified atom stereocenters. The summed E-state index contributed by atoms with van der Waals surface area (Å²) < 4.78 is 0. The van der Waals surface area contributed by atoms with Crippen molar-refractivity contribution in [3.05, 3.63) is 65.2 Å². The van der Waals surface area contributed by atoms with E-state index in [2.05, 4.69) is 10.2 Å². The standard InChI is InChI=1S/C21H24ClN3O2/c22-18-8-4-9-19(16-18)24-12-14-25(15-13-24)20(26)10-5-11-23-21(27)17-6-2-1-3-7-17/h1-4,6-9,16H,5,10-15H2,(H,23,27).